The number of carbonyl (C=O) groups is 2. The number of hydrogen-bond acceptors (Lipinski definition) is 6. The van der Waals surface area contributed by atoms with E-state index in [4.69, 9.17) is 9.26 Å². The first-order chi connectivity index (χ1) is 14.0. The molecule has 0 saturated carbocycles. The lowest BCUT2D eigenvalue weighted by molar-refractivity contribution is -0.131. The van der Waals surface area contributed by atoms with E-state index in [-0.39, 0.29) is 18.3 Å². The van der Waals surface area contributed by atoms with Crippen molar-refractivity contribution in [2.75, 3.05) is 6.61 Å². The first-order valence-corrected chi connectivity index (χ1v) is 9.27. The first kappa shape index (κ1) is 18.7. The van der Waals surface area contributed by atoms with Gasteiger partial charge >= 0.3 is 6.03 Å². The second-order valence-electron chi connectivity index (χ2n) is 6.75. The lowest BCUT2D eigenvalue weighted by atomic mass is 9.92. The summed E-state index contributed by atoms with van der Waals surface area (Å²) in [6.45, 7) is 3.96. The maximum Gasteiger partial charge on any atom is 0.325 e. The fraction of sp³-hybridized carbons (Fsp3) is 0.238. The van der Waals surface area contributed by atoms with Gasteiger partial charge in [0.25, 0.3) is 5.91 Å². The van der Waals surface area contributed by atoms with Crippen LogP contribution in [-0.2, 0) is 16.9 Å². The highest BCUT2D eigenvalue weighted by Crippen LogP contribution is 2.31. The molecule has 1 aliphatic heterocycles. The van der Waals surface area contributed by atoms with Crippen LogP contribution in [0.3, 0.4) is 0 Å². The Morgan fingerprint density at radius 1 is 1.10 bits per heavy atom. The first-order valence-electron chi connectivity index (χ1n) is 9.27. The molecule has 3 aromatic rings. The zero-order chi connectivity index (χ0) is 20.4. The zero-order valence-electron chi connectivity index (χ0n) is 16.1. The van der Waals surface area contributed by atoms with Gasteiger partial charge in [0.15, 0.2) is 0 Å². The Labute approximate surface area is 167 Å². The molecule has 1 saturated heterocycles. The summed E-state index contributed by atoms with van der Waals surface area (Å²) in [4.78, 5) is 30.9. The molecule has 1 aliphatic rings. The van der Waals surface area contributed by atoms with Crippen LogP contribution in [0.2, 0.25) is 0 Å². The predicted octanol–water partition coefficient (Wildman–Crippen LogP) is 3.10. The Morgan fingerprint density at radius 2 is 1.83 bits per heavy atom. The van der Waals surface area contributed by atoms with Crippen molar-refractivity contribution in [3.63, 3.8) is 0 Å². The van der Waals surface area contributed by atoms with Crippen LogP contribution in [0.15, 0.2) is 59.1 Å². The number of nitrogens with one attached hydrogen (secondary N) is 1. The molecule has 0 spiro atoms. The number of para-hydroxylation sites is 1. The summed E-state index contributed by atoms with van der Waals surface area (Å²) in [5.41, 5.74) is 0.247. The van der Waals surface area contributed by atoms with E-state index in [1.165, 1.54) is 0 Å². The van der Waals surface area contributed by atoms with E-state index in [0.717, 1.165) is 4.90 Å². The molecule has 1 atom stereocenters. The second kappa shape index (κ2) is 7.38. The van der Waals surface area contributed by atoms with Crippen molar-refractivity contribution in [1.82, 2.24) is 20.4 Å². The van der Waals surface area contributed by atoms with Crippen molar-refractivity contribution in [2.24, 2.45) is 0 Å². The third kappa shape index (κ3) is 3.33. The molecule has 0 radical (unpaired) electrons. The Bertz CT molecular complexity index is 1050. The highest BCUT2D eigenvalue weighted by molar-refractivity contribution is 6.07. The Hall–Kier alpha value is -3.68. The highest BCUT2D eigenvalue weighted by Gasteiger charge is 2.49. The minimum absolute atomic E-state index is 0.114. The van der Waals surface area contributed by atoms with Gasteiger partial charge in [0.05, 0.1) is 12.2 Å². The summed E-state index contributed by atoms with van der Waals surface area (Å²) >= 11 is 0. The van der Waals surface area contributed by atoms with Gasteiger partial charge in [-0.15, -0.1) is 0 Å². The molecule has 1 unspecified atom stereocenters. The number of imide groups is 1. The van der Waals surface area contributed by atoms with Gasteiger partial charge < -0.3 is 14.6 Å². The smallest absolute Gasteiger partial charge is 0.325 e. The standard InChI is InChI=1S/C21H20N4O4/c1-3-28-16-12-8-7-11-15(16)18-22-17(29-24-18)13-25-19(26)21(2,23-20(25)27)14-9-5-4-6-10-14/h4-12H,3,13H2,1-2H3,(H,23,27). The van der Waals surface area contributed by atoms with Gasteiger partial charge in [0.2, 0.25) is 11.7 Å². The molecule has 2 heterocycles. The molecule has 1 aromatic heterocycles. The number of benzene rings is 2. The Balaban J connectivity index is 1.57. The second-order valence-corrected chi connectivity index (χ2v) is 6.75. The number of amides is 3. The fourth-order valence-corrected chi connectivity index (χ4v) is 3.30. The normalized spacial score (nSPS) is 18.8. The quantitative estimate of drug-likeness (QED) is 0.648. The van der Waals surface area contributed by atoms with Crippen molar-refractivity contribution in [3.05, 3.63) is 66.1 Å². The molecule has 8 nitrogen and oxygen atoms in total. The van der Waals surface area contributed by atoms with Gasteiger partial charge in [-0.3, -0.25) is 9.69 Å². The zero-order valence-corrected chi connectivity index (χ0v) is 16.1. The molecule has 1 N–H and O–H groups in total. The molecule has 3 amide bonds. The molecule has 1 fully saturated rings. The van der Waals surface area contributed by atoms with E-state index >= 15 is 0 Å². The molecule has 148 valence electrons. The number of nitrogens with zero attached hydrogens (tertiary/aromatic N) is 3. The van der Waals surface area contributed by atoms with Crippen LogP contribution in [0.25, 0.3) is 11.4 Å². The van der Waals surface area contributed by atoms with Gasteiger partial charge in [-0.2, -0.15) is 4.98 Å². The number of aromatic nitrogens is 2. The molecule has 0 aliphatic carbocycles. The van der Waals surface area contributed by atoms with Crippen LogP contribution in [0.4, 0.5) is 4.79 Å². The molecular formula is C21H20N4O4. The summed E-state index contributed by atoms with van der Waals surface area (Å²) in [6.07, 6.45) is 0. The van der Waals surface area contributed by atoms with E-state index < -0.39 is 11.6 Å². The van der Waals surface area contributed by atoms with E-state index in [1.807, 2.05) is 49.4 Å². The Kier molecular flexibility index (Phi) is 4.75. The number of carbonyl (C=O) groups excluding carboxylic acids is 2. The molecule has 29 heavy (non-hydrogen) atoms. The van der Waals surface area contributed by atoms with Gasteiger partial charge in [0, 0.05) is 0 Å². The topological polar surface area (TPSA) is 97.6 Å². The third-order valence-corrected chi connectivity index (χ3v) is 4.82. The van der Waals surface area contributed by atoms with Crippen molar-refractivity contribution < 1.29 is 18.8 Å². The number of hydrogen-bond donors (Lipinski definition) is 1. The molecule has 4 rings (SSSR count). The highest BCUT2D eigenvalue weighted by atomic mass is 16.5. The van der Waals surface area contributed by atoms with Crippen molar-refractivity contribution >= 4 is 11.9 Å². The molecule has 8 heteroatoms. The largest absolute Gasteiger partial charge is 0.493 e. The summed E-state index contributed by atoms with van der Waals surface area (Å²) in [5.74, 6) is 0.756. The monoisotopic (exact) mass is 392 g/mol. The van der Waals surface area contributed by atoms with Gasteiger partial charge in [-0.25, -0.2) is 4.79 Å². The lowest BCUT2D eigenvalue weighted by Crippen LogP contribution is -2.40. The maximum atomic E-state index is 13.0. The van der Waals surface area contributed by atoms with Crippen LogP contribution in [0.5, 0.6) is 5.75 Å². The minimum Gasteiger partial charge on any atom is -0.493 e. The van der Waals surface area contributed by atoms with E-state index in [9.17, 15) is 9.59 Å². The summed E-state index contributed by atoms with van der Waals surface area (Å²) in [6, 6.07) is 15.9. The SMILES string of the molecule is CCOc1ccccc1-c1noc(CN2C(=O)NC(C)(c3ccccc3)C2=O)n1. The summed E-state index contributed by atoms with van der Waals surface area (Å²) in [7, 11) is 0. The van der Waals surface area contributed by atoms with Gasteiger partial charge in [0.1, 0.15) is 17.8 Å². The van der Waals surface area contributed by atoms with Gasteiger partial charge in [-0.05, 0) is 31.5 Å². The summed E-state index contributed by atoms with van der Waals surface area (Å²) in [5, 5.41) is 6.74. The van der Waals surface area contributed by atoms with Crippen molar-refractivity contribution in [1.29, 1.82) is 0 Å². The van der Waals surface area contributed by atoms with Crippen molar-refractivity contribution in [3.8, 4) is 17.1 Å². The number of ether oxygens (including phenoxy) is 1. The predicted molar refractivity (Wildman–Crippen MR) is 104 cm³/mol. The molecular weight excluding hydrogens is 372 g/mol. The molecule has 2 aromatic carbocycles. The van der Waals surface area contributed by atoms with Gasteiger partial charge in [-0.1, -0.05) is 47.6 Å². The van der Waals surface area contributed by atoms with Crippen LogP contribution >= 0.6 is 0 Å². The average molecular weight is 392 g/mol. The summed E-state index contributed by atoms with van der Waals surface area (Å²) < 4.78 is 10.9. The van der Waals surface area contributed by atoms with Crippen LogP contribution in [0, 0.1) is 0 Å². The van der Waals surface area contributed by atoms with Crippen molar-refractivity contribution in [2.45, 2.75) is 25.9 Å². The van der Waals surface area contributed by atoms with E-state index in [0.29, 0.717) is 29.3 Å². The maximum absolute atomic E-state index is 13.0. The van der Waals surface area contributed by atoms with E-state index in [2.05, 4.69) is 15.5 Å². The third-order valence-electron chi connectivity index (χ3n) is 4.82. The van der Waals surface area contributed by atoms with E-state index in [1.54, 1.807) is 19.1 Å². The van der Waals surface area contributed by atoms with Crippen LogP contribution in [-0.4, -0.2) is 33.6 Å². The average Bonchev–Trinajstić information content (AvgIpc) is 3.29. The minimum atomic E-state index is -1.14. The lowest BCUT2D eigenvalue weighted by Gasteiger charge is -2.21. The molecule has 0 bridgehead atoms. The van der Waals surface area contributed by atoms with Crippen LogP contribution < -0.4 is 10.1 Å². The number of urea groups is 1. The Morgan fingerprint density at radius 3 is 2.59 bits per heavy atom. The van der Waals surface area contributed by atoms with Crippen LogP contribution in [0.1, 0.15) is 25.3 Å². The number of rotatable bonds is 6. The fourth-order valence-electron chi connectivity index (χ4n) is 3.30.